The molecule has 0 saturated heterocycles. The first-order valence-electron chi connectivity index (χ1n) is 54.0. The molecule has 8 nitrogen and oxygen atoms in total. The molecule has 2 fully saturated rings. The van der Waals surface area contributed by atoms with Gasteiger partial charge in [-0.25, -0.2) is 0 Å². The molecule has 30 rings (SSSR count). The summed E-state index contributed by atoms with van der Waals surface area (Å²) in [6.07, 6.45) is 12.0. The Kier molecular flexibility index (Phi) is 20.4. The zero-order valence-corrected chi connectivity index (χ0v) is 91.6. The van der Waals surface area contributed by atoms with Crippen LogP contribution < -0.4 is 67.8 Å². The monoisotopic (exact) mass is 2000 g/mol. The van der Waals surface area contributed by atoms with Gasteiger partial charge in [-0.05, 0) is 347 Å². The van der Waals surface area contributed by atoms with Gasteiger partial charge in [-0.15, -0.1) is 45.8 Å². The Morgan fingerprint density at radius 2 is 0.703 bits per heavy atom. The molecule has 732 valence electrons. The van der Waals surface area contributed by atoms with Crippen molar-refractivity contribution in [3.8, 4) is 11.3 Å². The molecule has 4 atom stereocenters. The lowest BCUT2D eigenvalue weighted by atomic mass is 9.35. The number of nitrogens with zero attached hydrogens (tertiary/aromatic N) is 6. The normalized spacial score (nSPS) is 21.5. The minimum Gasteiger partial charge on any atom is -0.498 e. The summed E-state index contributed by atoms with van der Waals surface area (Å²) in [4.78, 5) is 20.1. The van der Waals surface area contributed by atoms with E-state index in [9.17, 15) is 0 Å². The Labute approximate surface area is 889 Å². The molecule has 8 aliphatic heterocycles. The van der Waals surface area contributed by atoms with E-state index in [1.165, 1.54) is 237 Å². The molecule has 12 aliphatic rings. The number of fused-ring (bicyclic) bond motifs is 23. The van der Waals surface area contributed by atoms with Crippen LogP contribution in [0.3, 0.4) is 0 Å². The predicted octanol–water partition coefficient (Wildman–Crippen LogP) is 33.4. The number of aryl methyl sites for hydroxylation is 3. The summed E-state index contributed by atoms with van der Waals surface area (Å²) in [7, 11) is 0. The molecule has 4 aromatic heterocycles. The molecule has 0 bridgehead atoms. The number of furan rings is 1. The topological polar surface area (TPSA) is 41.8 Å². The van der Waals surface area contributed by atoms with Gasteiger partial charge in [-0.2, -0.15) is 0 Å². The van der Waals surface area contributed by atoms with Gasteiger partial charge in [-0.1, -0.05) is 248 Å². The molecule has 2 saturated carbocycles. The van der Waals surface area contributed by atoms with E-state index in [1.807, 2.05) is 22.7 Å². The largest absolute Gasteiger partial charge is 0.498 e. The molecule has 0 amide bonds. The molecule has 18 aromatic rings. The molecule has 148 heavy (non-hydrogen) atoms. The van der Waals surface area contributed by atoms with Gasteiger partial charge in [0.05, 0.1) is 28.1 Å². The minimum atomic E-state index is -0.253. The fraction of sp³-hybridized carbons (Fsp3) is 0.278. The Hall–Kier alpha value is -12.9. The van der Waals surface area contributed by atoms with Crippen LogP contribution in [0, 0.1) is 31.6 Å². The van der Waals surface area contributed by atoms with Crippen LogP contribution in [0.1, 0.15) is 211 Å². The second-order valence-electron chi connectivity index (χ2n) is 49.1. The lowest BCUT2D eigenvalue weighted by Gasteiger charge is -2.48. The third kappa shape index (κ3) is 13.4. The zero-order chi connectivity index (χ0) is 101. The lowest BCUT2D eigenvalue weighted by molar-refractivity contribution is -0.0559. The van der Waals surface area contributed by atoms with Crippen LogP contribution in [0.2, 0.25) is 0 Å². The van der Waals surface area contributed by atoms with Crippen molar-refractivity contribution in [2.24, 2.45) is 10.8 Å². The third-order valence-corrected chi connectivity index (χ3v) is 42.5. The van der Waals surface area contributed by atoms with E-state index >= 15 is 0 Å². The molecule has 0 spiro atoms. The van der Waals surface area contributed by atoms with Gasteiger partial charge in [0.25, 0.3) is 20.1 Å². The highest BCUT2D eigenvalue weighted by Crippen LogP contribution is 2.71. The predicted molar refractivity (Wildman–Crippen MR) is 638 cm³/mol. The summed E-state index contributed by atoms with van der Waals surface area (Å²) in [6, 6.07) is 116. The number of ether oxygens (including phenoxy) is 1. The summed E-state index contributed by atoms with van der Waals surface area (Å²) in [5.74, 6) is 0.893. The van der Waals surface area contributed by atoms with Gasteiger partial charge in [-0.3, -0.25) is 0 Å². The average molecular weight is 2000 g/mol. The second kappa shape index (κ2) is 32.6. The average Bonchev–Trinajstić information content (AvgIpc) is 1.49. The minimum absolute atomic E-state index is 0.0225. The smallest absolute Gasteiger partial charge is 0.297 e. The van der Waals surface area contributed by atoms with Gasteiger partial charge in [0.2, 0.25) is 0 Å². The van der Waals surface area contributed by atoms with Crippen molar-refractivity contribution in [2.45, 2.75) is 226 Å². The van der Waals surface area contributed by atoms with E-state index in [0.29, 0.717) is 0 Å². The van der Waals surface area contributed by atoms with Crippen molar-refractivity contribution in [3.05, 3.63) is 374 Å². The second-order valence-corrected chi connectivity index (χ2v) is 53.9. The molecule has 14 aromatic carbocycles. The summed E-state index contributed by atoms with van der Waals surface area (Å²) in [5.41, 5.74) is 42.9. The number of allylic oxidation sites excluding steroid dienone is 1. The highest BCUT2D eigenvalue weighted by Gasteiger charge is 2.66. The van der Waals surface area contributed by atoms with Crippen molar-refractivity contribution in [1.82, 2.24) is 0 Å². The summed E-state index contributed by atoms with van der Waals surface area (Å²) in [5, 5.41) is 5.59. The first-order valence-corrected chi connectivity index (χ1v) is 57.3. The Balaban J connectivity index is 0.000000107. The number of hydrogen-bond donors (Lipinski definition) is 0. The van der Waals surface area contributed by atoms with E-state index < -0.39 is 0 Å². The SMILES string of the molecule is Cc1cc2c3c(c1)N(c1ccccc1)c1cc(-c4ccccc4)oc1B3c1cc3sc4c(c3cc1N2c1ccccc1)C(C)(C)CC4(C)C.Cc1cc2c3c(c1)N(c1ccccc1)c1cc4c(cc1B3C1=C(N2c2ccccc2)C2(C)CCCC2(C)S1)sc1ccc(C(C)(C)C)cc14.Cc1cc2c3c(c1)N(c1ccccc1)c1cc4c5c(sc4cc1B3C1=C(N2c2ccccc2)C2(C)CCCCC2(C)O1)C(C)(C)CCC5(C)C. The van der Waals surface area contributed by atoms with Crippen molar-refractivity contribution < 1.29 is 9.15 Å². The van der Waals surface area contributed by atoms with Crippen molar-refractivity contribution >= 4 is 236 Å². The standard InChI is InChI=1S/C45H47BN2OS.C44H37BN2OS.C44H41BN2S2/c1-28-24-34-38-35(25-28)48(30-18-12-9-13-19-30)39-41(49-45(7)21-15-14-20-44(39,45)6)46(38)32-27-36-31(26-33(32)47(34)29-16-10-8-11-17-29)37-40(50-36)43(4,5)23-22-42(37,2)3;1-27-21-34-40-35(22-27)47(30-19-13-8-14-20-30)36-25-37(28-15-9-6-10-16-28)48-42(36)45(40)32-24-38-31(23-33(32)46(34)29-17-11-7-12-18-29)39-41(49-38)44(4,5)26-43(39,2)3;1-27-22-35-39-36(23-27)47(30-16-11-8-12-17-30)40-41(49-44(6)21-13-20-43(40,44)5)45(39)33-26-38-32(25-34(33)46(35)29-14-9-7-10-15-29)31-24-28(42(2,3)4)18-19-37(31)48-38/h8-13,16-19,24-27H,14-15,20-23H2,1-7H3;6-25H,26H2,1-5H3;7-12,14-19,22-26H,13,20-21H2,1-6H3. The van der Waals surface area contributed by atoms with Crippen LogP contribution in [0.25, 0.3) is 51.7 Å². The molecule has 4 aliphatic carbocycles. The van der Waals surface area contributed by atoms with Crippen LogP contribution in [0.5, 0.6) is 0 Å². The molecule has 0 radical (unpaired) electrons. The van der Waals surface area contributed by atoms with E-state index in [4.69, 9.17) is 9.15 Å². The van der Waals surface area contributed by atoms with Gasteiger partial charge in [0.15, 0.2) is 0 Å². The Morgan fingerprint density at radius 1 is 0.311 bits per heavy atom. The fourth-order valence-corrected chi connectivity index (χ4v) is 35.5. The van der Waals surface area contributed by atoms with Crippen LogP contribution >= 0.6 is 45.8 Å². The van der Waals surface area contributed by atoms with Gasteiger partial charge in [0.1, 0.15) is 11.4 Å². The number of thioether (sulfide) groups is 1. The number of thiophene rings is 3. The maximum Gasteiger partial charge on any atom is 0.297 e. The van der Waals surface area contributed by atoms with E-state index in [1.54, 1.807) is 25.8 Å². The number of hydrogen-bond acceptors (Lipinski definition) is 12. The quantitative estimate of drug-likeness (QED) is 0.145. The van der Waals surface area contributed by atoms with E-state index in [-0.39, 0.29) is 68.4 Å². The number of anilines is 16. The van der Waals surface area contributed by atoms with Crippen molar-refractivity contribution in [2.75, 3.05) is 29.4 Å². The van der Waals surface area contributed by atoms with Crippen molar-refractivity contribution in [3.63, 3.8) is 0 Å². The molecule has 4 unspecified atom stereocenters. The maximum absolute atomic E-state index is 7.57. The van der Waals surface area contributed by atoms with Crippen LogP contribution in [0.15, 0.2) is 336 Å². The number of rotatable bonds is 7. The first-order chi connectivity index (χ1) is 71.2. The summed E-state index contributed by atoms with van der Waals surface area (Å²) < 4.78 is 20.4. The van der Waals surface area contributed by atoms with E-state index in [0.717, 1.165) is 47.6 Å². The zero-order valence-electron chi connectivity index (χ0n) is 88.4. The molecular weight excluding hydrogens is 1870 g/mol. The Bertz CT molecular complexity index is 8700. The lowest BCUT2D eigenvalue weighted by Crippen LogP contribution is -2.61. The summed E-state index contributed by atoms with van der Waals surface area (Å²) >= 11 is 8.22. The van der Waals surface area contributed by atoms with Gasteiger partial charge in [0, 0.05) is 158 Å². The fourth-order valence-electron chi connectivity index (χ4n) is 29.3. The number of benzene rings is 14. The van der Waals surface area contributed by atoms with Crippen LogP contribution in [-0.2, 0) is 31.8 Å². The third-order valence-electron chi connectivity index (χ3n) is 36.6. The number of para-hydroxylation sites is 6. The van der Waals surface area contributed by atoms with Gasteiger partial charge < -0.3 is 38.6 Å². The highest BCUT2D eigenvalue weighted by molar-refractivity contribution is 8.07. The Morgan fingerprint density at radius 3 is 1.20 bits per heavy atom. The maximum atomic E-state index is 7.57. The molecule has 12 heterocycles. The molecule has 15 heteroatoms. The van der Waals surface area contributed by atoms with E-state index in [2.05, 4.69) is 487 Å². The van der Waals surface area contributed by atoms with Gasteiger partial charge >= 0.3 is 0 Å². The van der Waals surface area contributed by atoms with Crippen LogP contribution in [-0.4, -0.2) is 30.5 Å². The molecule has 0 N–H and O–H groups in total. The van der Waals surface area contributed by atoms with Crippen LogP contribution in [0.4, 0.5) is 91.0 Å². The summed E-state index contributed by atoms with van der Waals surface area (Å²) in [6.45, 7) is 43.6. The van der Waals surface area contributed by atoms with Crippen molar-refractivity contribution in [1.29, 1.82) is 0 Å². The first kappa shape index (κ1) is 92.5. The molecular formula is C133H125B3N6O2S4. The highest BCUT2D eigenvalue weighted by atomic mass is 32.2.